The highest BCUT2D eigenvalue weighted by Crippen LogP contribution is 2.39. The Bertz CT molecular complexity index is 408. The van der Waals surface area contributed by atoms with Gasteiger partial charge < -0.3 is 14.6 Å². The van der Waals surface area contributed by atoms with Crippen LogP contribution in [0.25, 0.3) is 0 Å². The summed E-state index contributed by atoms with van der Waals surface area (Å²) >= 11 is 0. The third-order valence-corrected chi connectivity index (χ3v) is 4.20. The van der Waals surface area contributed by atoms with Gasteiger partial charge in [-0.25, -0.2) is 4.79 Å². The van der Waals surface area contributed by atoms with E-state index >= 15 is 0 Å². The van der Waals surface area contributed by atoms with Gasteiger partial charge in [-0.15, -0.1) is 0 Å². The van der Waals surface area contributed by atoms with Gasteiger partial charge in [0.15, 0.2) is 0 Å². The minimum absolute atomic E-state index is 0.0883. The van der Waals surface area contributed by atoms with Crippen molar-refractivity contribution in [2.45, 2.75) is 60.0 Å². The predicted octanol–water partition coefficient (Wildman–Crippen LogP) is 3.11. The molecule has 0 bridgehead atoms. The average Bonchev–Trinajstić information content (AvgIpc) is 2.42. The Labute approximate surface area is 140 Å². The summed E-state index contributed by atoms with van der Waals surface area (Å²) in [5.74, 6) is -0.935. The van der Waals surface area contributed by atoms with Crippen molar-refractivity contribution in [3.05, 3.63) is 12.7 Å². The second-order valence-corrected chi connectivity index (χ2v) is 7.31. The summed E-state index contributed by atoms with van der Waals surface area (Å²) < 4.78 is 10.5. The second kappa shape index (κ2) is 9.06. The van der Waals surface area contributed by atoms with E-state index < -0.39 is 17.0 Å². The van der Waals surface area contributed by atoms with Crippen LogP contribution in [-0.2, 0) is 19.1 Å². The molecule has 0 aliphatic rings. The molecule has 134 valence electrons. The van der Waals surface area contributed by atoms with Crippen molar-refractivity contribution >= 4 is 11.9 Å². The number of carbonyl (C=O) groups excluding carboxylic acids is 2. The SMILES string of the molecule is C=CC(=O)OCC(C)(CC)C(COC(=O)CC(C)C)C(C)(C)O. The first-order valence-corrected chi connectivity index (χ1v) is 8.13. The number of carbonyl (C=O) groups is 2. The average molecular weight is 328 g/mol. The molecular weight excluding hydrogens is 296 g/mol. The van der Waals surface area contributed by atoms with Crippen LogP contribution < -0.4 is 0 Å². The Morgan fingerprint density at radius 3 is 2.17 bits per heavy atom. The van der Waals surface area contributed by atoms with E-state index in [0.29, 0.717) is 12.8 Å². The molecule has 0 saturated carbocycles. The Kier molecular flexibility index (Phi) is 8.53. The smallest absolute Gasteiger partial charge is 0.330 e. The normalized spacial score (nSPS) is 15.7. The van der Waals surface area contributed by atoms with Gasteiger partial charge in [-0.2, -0.15) is 0 Å². The molecule has 5 heteroatoms. The number of ether oxygens (including phenoxy) is 2. The van der Waals surface area contributed by atoms with Crippen LogP contribution in [0.3, 0.4) is 0 Å². The Balaban J connectivity index is 5.07. The maximum absolute atomic E-state index is 11.8. The Morgan fingerprint density at radius 2 is 1.78 bits per heavy atom. The molecule has 0 aromatic carbocycles. The van der Waals surface area contributed by atoms with Crippen molar-refractivity contribution in [1.29, 1.82) is 0 Å². The van der Waals surface area contributed by atoms with Gasteiger partial charge in [0.1, 0.15) is 0 Å². The highest BCUT2D eigenvalue weighted by atomic mass is 16.5. The Morgan fingerprint density at radius 1 is 1.22 bits per heavy atom. The number of hydrogen-bond acceptors (Lipinski definition) is 5. The van der Waals surface area contributed by atoms with Crippen LogP contribution in [0.1, 0.15) is 54.4 Å². The minimum atomic E-state index is -1.08. The fourth-order valence-corrected chi connectivity index (χ4v) is 2.57. The first-order chi connectivity index (χ1) is 10.5. The highest BCUT2D eigenvalue weighted by molar-refractivity contribution is 5.81. The van der Waals surface area contributed by atoms with Gasteiger partial charge in [-0.05, 0) is 26.2 Å². The fourth-order valence-electron chi connectivity index (χ4n) is 2.57. The lowest BCUT2D eigenvalue weighted by atomic mass is 9.68. The quantitative estimate of drug-likeness (QED) is 0.493. The van der Waals surface area contributed by atoms with E-state index in [0.717, 1.165) is 6.08 Å². The van der Waals surface area contributed by atoms with Crippen molar-refractivity contribution < 1.29 is 24.2 Å². The number of aliphatic hydroxyl groups is 1. The van der Waals surface area contributed by atoms with Crippen molar-refractivity contribution in [3.63, 3.8) is 0 Å². The highest BCUT2D eigenvalue weighted by Gasteiger charge is 2.43. The molecule has 2 unspecified atom stereocenters. The molecule has 23 heavy (non-hydrogen) atoms. The second-order valence-electron chi connectivity index (χ2n) is 7.31. The van der Waals surface area contributed by atoms with E-state index in [1.165, 1.54) is 0 Å². The van der Waals surface area contributed by atoms with Crippen LogP contribution >= 0.6 is 0 Å². The first-order valence-electron chi connectivity index (χ1n) is 8.13. The van der Waals surface area contributed by atoms with Gasteiger partial charge in [-0.3, -0.25) is 4.79 Å². The maximum Gasteiger partial charge on any atom is 0.330 e. The molecule has 0 spiro atoms. The zero-order valence-corrected chi connectivity index (χ0v) is 15.3. The van der Waals surface area contributed by atoms with Crippen LogP contribution in [-0.4, -0.2) is 35.9 Å². The minimum Gasteiger partial charge on any atom is -0.465 e. The van der Waals surface area contributed by atoms with Crippen LogP contribution in [0.5, 0.6) is 0 Å². The van der Waals surface area contributed by atoms with Gasteiger partial charge in [0.2, 0.25) is 0 Å². The summed E-state index contributed by atoms with van der Waals surface area (Å²) in [4.78, 5) is 23.2. The summed E-state index contributed by atoms with van der Waals surface area (Å²) in [5, 5.41) is 10.5. The summed E-state index contributed by atoms with van der Waals surface area (Å²) in [6, 6.07) is 0. The zero-order chi connectivity index (χ0) is 18.3. The van der Waals surface area contributed by atoms with Crippen molar-refractivity contribution in [2.24, 2.45) is 17.3 Å². The van der Waals surface area contributed by atoms with Gasteiger partial charge in [0, 0.05) is 23.8 Å². The third kappa shape index (κ3) is 7.64. The molecule has 0 saturated heterocycles. The van der Waals surface area contributed by atoms with Crippen LogP contribution in [0, 0.1) is 17.3 Å². The van der Waals surface area contributed by atoms with E-state index in [-0.39, 0.29) is 31.0 Å². The Hall–Kier alpha value is -1.36. The van der Waals surface area contributed by atoms with Crippen molar-refractivity contribution in [3.8, 4) is 0 Å². The summed E-state index contributed by atoms with van der Waals surface area (Å²) in [5.41, 5.74) is -1.60. The van der Waals surface area contributed by atoms with E-state index in [1.807, 2.05) is 27.7 Å². The summed E-state index contributed by atoms with van der Waals surface area (Å²) in [7, 11) is 0. The standard InChI is InChI=1S/C18H32O5/c1-8-15(19)23-12-18(7,9-2)14(17(5,6)21)11-22-16(20)10-13(3)4/h8,13-14,21H,1,9-12H2,2-7H3. The molecule has 0 aliphatic carbocycles. The molecule has 5 nitrogen and oxygen atoms in total. The van der Waals surface area contributed by atoms with Crippen LogP contribution in [0.2, 0.25) is 0 Å². The van der Waals surface area contributed by atoms with Crippen LogP contribution in [0.4, 0.5) is 0 Å². The van der Waals surface area contributed by atoms with E-state index in [2.05, 4.69) is 6.58 Å². The molecule has 0 aliphatic heterocycles. The molecule has 0 radical (unpaired) electrons. The van der Waals surface area contributed by atoms with Gasteiger partial charge >= 0.3 is 11.9 Å². The molecule has 0 rings (SSSR count). The first kappa shape index (κ1) is 21.6. The molecule has 2 atom stereocenters. The molecule has 0 amide bonds. The molecule has 0 fully saturated rings. The topological polar surface area (TPSA) is 72.8 Å². The lowest BCUT2D eigenvalue weighted by molar-refractivity contribution is -0.160. The predicted molar refractivity (Wildman–Crippen MR) is 89.8 cm³/mol. The van der Waals surface area contributed by atoms with E-state index in [4.69, 9.17) is 9.47 Å². The van der Waals surface area contributed by atoms with E-state index in [9.17, 15) is 14.7 Å². The summed E-state index contributed by atoms with van der Waals surface area (Å²) in [6.45, 7) is 14.7. The summed E-state index contributed by atoms with van der Waals surface area (Å²) in [6.07, 6.45) is 2.11. The molecule has 1 N–H and O–H groups in total. The molecule has 0 heterocycles. The van der Waals surface area contributed by atoms with E-state index in [1.54, 1.807) is 13.8 Å². The zero-order valence-electron chi connectivity index (χ0n) is 15.3. The van der Waals surface area contributed by atoms with Gasteiger partial charge in [0.05, 0.1) is 18.8 Å². The number of hydrogen-bond donors (Lipinski definition) is 1. The van der Waals surface area contributed by atoms with Crippen molar-refractivity contribution in [2.75, 3.05) is 13.2 Å². The number of rotatable bonds is 10. The number of esters is 2. The molecule has 0 aromatic rings. The monoisotopic (exact) mass is 328 g/mol. The lowest BCUT2D eigenvalue weighted by Gasteiger charge is -2.42. The van der Waals surface area contributed by atoms with Gasteiger partial charge in [-0.1, -0.05) is 34.3 Å². The van der Waals surface area contributed by atoms with Crippen LogP contribution in [0.15, 0.2) is 12.7 Å². The lowest BCUT2D eigenvalue weighted by Crippen LogP contribution is -2.48. The maximum atomic E-state index is 11.8. The van der Waals surface area contributed by atoms with Crippen molar-refractivity contribution in [1.82, 2.24) is 0 Å². The third-order valence-electron chi connectivity index (χ3n) is 4.20. The molecular formula is C18H32O5. The van der Waals surface area contributed by atoms with Gasteiger partial charge in [0.25, 0.3) is 0 Å². The fraction of sp³-hybridized carbons (Fsp3) is 0.778. The largest absolute Gasteiger partial charge is 0.465 e. The molecule has 0 aromatic heterocycles.